The summed E-state index contributed by atoms with van der Waals surface area (Å²) in [7, 11) is 0. The van der Waals surface area contributed by atoms with Gasteiger partial charge in [0.15, 0.2) is 11.6 Å². The zero-order chi connectivity index (χ0) is 19.6. The Bertz CT molecular complexity index is 496. The molecule has 4 rings (SSSR count). The molecule has 2 aliphatic heterocycles. The Morgan fingerprint density at radius 3 is 1.48 bits per heavy atom. The second-order valence-corrected chi connectivity index (χ2v) is 8.76. The molecule has 0 radical (unpaired) electrons. The molecule has 2 aliphatic carbocycles. The standard InChI is InChI=1S/C11H18O4.C9H16O3/c1-9(12)15-10(2)3-5-11(6-4-10)13-7-8-14-11;1-8(10)2-4-9(5-3-8)11-6-7-12-9/h3-8H2,1-2H3;10H,2-7H2,1H3. The zero-order valence-electron chi connectivity index (χ0n) is 16.9. The van der Waals surface area contributed by atoms with E-state index in [0.29, 0.717) is 26.4 Å². The summed E-state index contributed by atoms with van der Waals surface area (Å²) in [5, 5.41) is 9.71. The maximum absolute atomic E-state index is 10.9. The van der Waals surface area contributed by atoms with Crippen LogP contribution in [0, 0.1) is 0 Å². The lowest BCUT2D eigenvalue weighted by Gasteiger charge is -2.40. The van der Waals surface area contributed by atoms with Crippen LogP contribution < -0.4 is 0 Å². The van der Waals surface area contributed by atoms with Gasteiger partial charge in [0, 0.05) is 32.6 Å². The minimum Gasteiger partial charge on any atom is -0.460 e. The number of esters is 1. The highest BCUT2D eigenvalue weighted by molar-refractivity contribution is 5.66. The summed E-state index contributed by atoms with van der Waals surface area (Å²) in [6.45, 7) is 8.11. The van der Waals surface area contributed by atoms with Gasteiger partial charge in [-0.1, -0.05) is 0 Å². The highest BCUT2D eigenvalue weighted by Gasteiger charge is 2.46. The van der Waals surface area contributed by atoms with Crippen molar-refractivity contribution in [3.63, 3.8) is 0 Å². The Morgan fingerprint density at radius 2 is 1.11 bits per heavy atom. The fourth-order valence-electron chi connectivity index (χ4n) is 4.35. The molecule has 0 amide bonds. The van der Waals surface area contributed by atoms with Crippen LogP contribution in [0.1, 0.15) is 72.1 Å². The third-order valence-corrected chi connectivity index (χ3v) is 6.18. The van der Waals surface area contributed by atoms with E-state index in [2.05, 4.69) is 0 Å². The lowest BCUT2D eigenvalue weighted by atomic mass is 9.82. The number of hydrogen-bond acceptors (Lipinski definition) is 7. The summed E-state index contributed by atoms with van der Waals surface area (Å²) in [6.07, 6.45) is 6.49. The van der Waals surface area contributed by atoms with E-state index in [9.17, 15) is 9.90 Å². The summed E-state index contributed by atoms with van der Waals surface area (Å²) in [6, 6.07) is 0. The molecule has 0 atom stereocenters. The number of carbonyl (C=O) groups is 1. The molecule has 7 heteroatoms. The maximum atomic E-state index is 10.9. The van der Waals surface area contributed by atoms with Crippen molar-refractivity contribution < 1.29 is 33.6 Å². The van der Waals surface area contributed by atoms with E-state index in [1.807, 2.05) is 13.8 Å². The number of rotatable bonds is 1. The predicted molar refractivity (Wildman–Crippen MR) is 97.0 cm³/mol. The third kappa shape index (κ3) is 5.41. The molecule has 2 saturated heterocycles. The van der Waals surface area contributed by atoms with Crippen LogP contribution in [0.3, 0.4) is 0 Å². The molecule has 0 aromatic rings. The lowest BCUT2D eigenvalue weighted by Crippen LogP contribution is -2.44. The Morgan fingerprint density at radius 1 is 0.741 bits per heavy atom. The molecule has 4 fully saturated rings. The molecule has 27 heavy (non-hydrogen) atoms. The van der Waals surface area contributed by atoms with E-state index >= 15 is 0 Å². The number of carbonyl (C=O) groups excluding carboxylic acids is 1. The van der Waals surface area contributed by atoms with E-state index in [1.54, 1.807) is 0 Å². The van der Waals surface area contributed by atoms with Crippen molar-refractivity contribution in [3.05, 3.63) is 0 Å². The van der Waals surface area contributed by atoms with Gasteiger partial charge in [0.25, 0.3) is 0 Å². The topological polar surface area (TPSA) is 83.5 Å². The van der Waals surface area contributed by atoms with Crippen molar-refractivity contribution in [2.24, 2.45) is 0 Å². The monoisotopic (exact) mass is 386 g/mol. The van der Waals surface area contributed by atoms with Crippen molar-refractivity contribution in [1.82, 2.24) is 0 Å². The van der Waals surface area contributed by atoms with Crippen LogP contribution in [0.25, 0.3) is 0 Å². The van der Waals surface area contributed by atoms with Gasteiger partial charge in [-0.05, 0) is 39.5 Å². The fraction of sp³-hybridized carbons (Fsp3) is 0.950. The molecule has 2 spiro atoms. The molecule has 0 bridgehead atoms. The molecule has 0 aromatic carbocycles. The Kier molecular flexibility index (Phi) is 6.18. The van der Waals surface area contributed by atoms with E-state index in [1.165, 1.54) is 6.92 Å². The van der Waals surface area contributed by atoms with Gasteiger partial charge in [-0.25, -0.2) is 0 Å². The van der Waals surface area contributed by atoms with Crippen molar-refractivity contribution in [3.8, 4) is 0 Å². The Hall–Kier alpha value is -0.730. The van der Waals surface area contributed by atoms with Crippen molar-refractivity contribution in [2.45, 2.75) is 94.9 Å². The van der Waals surface area contributed by atoms with Gasteiger partial charge in [-0.15, -0.1) is 0 Å². The first-order chi connectivity index (χ1) is 12.7. The van der Waals surface area contributed by atoms with Crippen LogP contribution in [0.4, 0.5) is 0 Å². The molecule has 4 aliphatic rings. The van der Waals surface area contributed by atoms with Crippen LogP contribution in [0.15, 0.2) is 0 Å². The molecular weight excluding hydrogens is 352 g/mol. The number of hydrogen-bond donors (Lipinski definition) is 1. The fourth-order valence-corrected chi connectivity index (χ4v) is 4.35. The molecule has 0 unspecified atom stereocenters. The molecule has 156 valence electrons. The van der Waals surface area contributed by atoms with Crippen LogP contribution in [0.2, 0.25) is 0 Å². The first kappa shape index (κ1) is 21.0. The summed E-state index contributed by atoms with van der Waals surface area (Å²) in [5.74, 6) is -0.913. The van der Waals surface area contributed by atoms with Gasteiger partial charge in [-0.3, -0.25) is 4.79 Å². The Balaban J connectivity index is 0.000000159. The third-order valence-electron chi connectivity index (χ3n) is 6.18. The molecule has 7 nitrogen and oxygen atoms in total. The molecule has 2 heterocycles. The zero-order valence-corrected chi connectivity index (χ0v) is 16.9. The van der Waals surface area contributed by atoms with E-state index in [-0.39, 0.29) is 23.1 Å². The highest BCUT2D eigenvalue weighted by Crippen LogP contribution is 2.42. The van der Waals surface area contributed by atoms with Crippen LogP contribution in [-0.4, -0.2) is 60.3 Å². The first-order valence-corrected chi connectivity index (χ1v) is 10.1. The van der Waals surface area contributed by atoms with E-state index in [4.69, 9.17) is 23.7 Å². The normalized spacial score (nSPS) is 33.5. The van der Waals surface area contributed by atoms with Crippen LogP contribution in [-0.2, 0) is 28.5 Å². The second kappa shape index (κ2) is 7.95. The summed E-state index contributed by atoms with van der Waals surface area (Å²) in [5.41, 5.74) is -0.826. The van der Waals surface area contributed by atoms with Crippen LogP contribution in [0.5, 0.6) is 0 Å². The molecular formula is C20H34O7. The number of aliphatic hydroxyl groups is 1. The second-order valence-electron chi connectivity index (χ2n) is 8.76. The van der Waals surface area contributed by atoms with Crippen molar-refractivity contribution in [2.75, 3.05) is 26.4 Å². The van der Waals surface area contributed by atoms with Crippen LogP contribution >= 0.6 is 0 Å². The summed E-state index contributed by atoms with van der Waals surface area (Å²) >= 11 is 0. The van der Waals surface area contributed by atoms with Gasteiger partial charge < -0.3 is 28.8 Å². The SMILES string of the molecule is CC(=O)OC1(C)CCC2(CC1)OCCO2.CC1(O)CCC2(CC1)OCCO2. The molecule has 1 N–H and O–H groups in total. The van der Waals surface area contributed by atoms with E-state index in [0.717, 1.165) is 51.4 Å². The average molecular weight is 386 g/mol. The molecule has 2 saturated carbocycles. The average Bonchev–Trinajstić information content (AvgIpc) is 3.25. The minimum absolute atomic E-state index is 0.207. The smallest absolute Gasteiger partial charge is 0.303 e. The van der Waals surface area contributed by atoms with Crippen molar-refractivity contribution in [1.29, 1.82) is 0 Å². The predicted octanol–water partition coefficient (Wildman–Crippen LogP) is 2.68. The molecule has 0 aromatic heterocycles. The minimum atomic E-state index is -0.499. The van der Waals surface area contributed by atoms with E-state index < -0.39 is 5.60 Å². The number of ether oxygens (including phenoxy) is 5. The van der Waals surface area contributed by atoms with Gasteiger partial charge in [-0.2, -0.15) is 0 Å². The first-order valence-electron chi connectivity index (χ1n) is 10.1. The van der Waals surface area contributed by atoms with Gasteiger partial charge in [0.2, 0.25) is 0 Å². The largest absolute Gasteiger partial charge is 0.460 e. The lowest BCUT2D eigenvalue weighted by molar-refractivity contribution is -0.208. The maximum Gasteiger partial charge on any atom is 0.303 e. The summed E-state index contributed by atoms with van der Waals surface area (Å²) in [4.78, 5) is 10.9. The summed E-state index contributed by atoms with van der Waals surface area (Å²) < 4.78 is 27.6. The van der Waals surface area contributed by atoms with Gasteiger partial charge >= 0.3 is 5.97 Å². The quantitative estimate of drug-likeness (QED) is 0.694. The highest BCUT2D eigenvalue weighted by atomic mass is 16.7. The van der Waals surface area contributed by atoms with Crippen molar-refractivity contribution >= 4 is 5.97 Å². The van der Waals surface area contributed by atoms with Gasteiger partial charge in [0.1, 0.15) is 5.60 Å². The Labute approximate surface area is 161 Å². The van der Waals surface area contributed by atoms with Gasteiger partial charge in [0.05, 0.1) is 32.0 Å².